The van der Waals surface area contributed by atoms with Crippen molar-refractivity contribution in [2.24, 2.45) is 0 Å². The fourth-order valence-corrected chi connectivity index (χ4v) is 0.354. The van der Waals surface area contributed by atoms with E-state index in [2.05, 4.69) is 36.7 Å². The van der Waals surface area contributed by atoms with Crippen molar-refractivity contribution in [1.82, 2.24) is 16.0 Å². The first-order chi connectivity index (χ1) is 7.95. The summed E-state index contributed by atoms with van der Waals surface area (Å²) in [4.78, 5) is 9.37. The second-order valence-electron chi connectivity index (χ2n) is 4.68. The summed E-state index contributed by atoms with van der Waals surface area (Å²) < 4.78 is 0. The maximum absolute atomic E-state index is 9.37. The normalized spacial score (nSPS) is 30.2. The van der Waals surface area contributed by atoms with E-state index in [1.165, 1.54) is 19.6 Å². The smallest absolute Gasteiger partial charge is 0.303 e. The summed E-state index contributed by atoms with van der Waals surface area (Å²) in [6, 6.07) is 2.50. The maximum atomic E-state index is 9.37. The van der Waals surface area contributed by atoms with Crippen molar-refractivity contribution in [2.75, 3.05) is 19.6 Å². The molecule has 5 nitrogen and oxygen atoms in total. The minimum absolute atomic E-state index is 0.222. The third-order valence-corrected chi connectivity index (χ3v) is 2.14. The molecule has 0 aromatic carbocycles. The van der Waals surface area contributed by atoms with Crippen LogP contribution in [0, 0.1) is 0 Å². The van der Waals surface area contributed by atoms with Crippen molar-refractivity contribution in [3.05, 3.63) is 0 Å². The van der Waals surface area contributed by atoms with Crippen molar-refractivity contribution in [3.8, 4) is 0 Å². The maximum Gasteiger partial charge on any atom is 0.303 e. The molecule has 0 bridgehead atoms. The number of nitrogens with one attached hydrogen (secondary N) is 3. The molecule has 3 unspecified atom stereocenters. The van der Waals surface area contributed by atoms with Gasteiger partial charge in [-0.1, -0.05) is 6.92 Å². The molecule has 0 aromatic rings. The summed E-state index contributed by atoms with van der Waals surface area (Å²) in [5, 5.41) is 17.0. The average molecular weight is 245 g/mol. The predicted octanol–water partition coefficient (Wildman–Crippen LogP) is 0.415. The molecule has 17 heavy (non-hydrogen) atoms. The molecule has 4 N–H and O–H groups in total. The fourth-order valence-electron chi connectivity index (χ4n) is 0.354. The number of carboxylic acids is 1. The van der Waals surface area contributed by atoms with Gasteiger partial charge in [-0.25, -0.2) is 0 Å². The Morgan fingerprint density at radius 3 is 1.12 bits per heavy atom. The fraction of sp³-hybridized carbons (Fsp3) is 0.917. The third kappa shape index (κ3) is 25.5. The molecule has 0 amide bonds. The van der Waals surface area contributed by atoms with E-state index in [1.54, 1.807) is 6.92 Å². The van der Waals surface area contributed by atoms with Crippen LogP contribution in [0.3, 0.4) is 0 Å². The Kier molecular flexibility index (Phi) is 9.03. The lowest BCUT2D eigenvalue weighted by Crippen LogP contribution is -1.86. The Bertz CT molecular complexity index is 176. The van der Waals surface area contributed by atoms with Crippen LogP contribution in [0.4, 0.5) is 0 Å². The minimum Gasteiger partial charge on any atom is -0.481 e. The van der Waals surface area contributed by atoms with E-state index in [9.17, 15) is 4.79 Å². The van der Waals surface area contributed by atoms with Crippen LogP contribution in [0.25, 0.3) is 0 Å². The van der Waals surface area contributed by atoms with Gasteiger partial charge in [0.15, 0.2) is 0 Å². The monoisotopic (exact) mass is 245 g/mol. The first-order valence-electron chi connectivity index (χ1n) is 6.37. The number of hydrogen-bond acceptors (Lipinski definition) is 4. The van der Waals surface area contributed by atoms with Gasteiger partial charge in [0.25, 0.3) is 0 Å². The number of rotatable bonds is 1. The Balaban J connectivity index is 0.000000201. The molecule has 0 spiro atoms. The molecule has 0 radical (unpaired) electrons. The van der Waals surface area contributed by atoms with Gasteiger partial charge in [0.1, 0.15) is 0 Å². The zero-order valence-electron chi connectivity index (χ0n) is 11.4. The van der Waals surface area contributed by atoms with E-state index in [1.807, 2.05) is 0 Å². The van der Waals surface area contributed by atoms with Gasteiger partial charge in [-0.3, -0.25) is 4.79 Å². The summed E-state index contributed by atoms with van der Waals surface area (Å²) in [5.74, 6) is -0.745. The standard InChI is InChI=1S/3C3H7N.C3H6O2/c3*1-3-2-4-3;1-2-3(4)5/h3*3-4H,2H2,1H3;2H2,1H3,(H,4,5). The van der Waals surface area contributed by atoms with Gasteiger partial charge < -0.3 is 21.1 Å². The molecule has 3 fully saturated rings. The van der Waals surface area contributed by atoms with Crippen molar-refractivity contribution in [1.29, 1.82) is 0 Å². The first kappa shape index (κ1) is 16.4. The lowest BCUT2D eigenvalue weighted by Gasteiger charge is -1.71. The molecular formula is C12H27N3O2. The Labute approximate surface area is 104 Å². The summed E-state index contributed by atoms with van der Waals surface area (Å²) in [7, 11) is 0. The predicted molar refractivity (Wildman–Crippen MR) is 70.3 cm³/mol. The number of aliphatic carboxylic acids is 1. The molecular weight excluding hydrogens is 218 g/mol. The summed E-state index contributed by atoms with van der Waals surface area (Å²) >= 11 is 0. The zero-order chi connectivity index (χ0) is 13.3. The van der Waals surface area contributed by atoms with Crippen LogP contribution < -0.4 is 16.0 Å². The molecule has 5 heteroatoms. The van der Waals surface area contributed by atoms with E-state index < -0.39 is 5.97 Å². The van der Waals surface area contributed by atoms with Crippen LogP contribution in [-0.2, 0) is 4.79 Å². The highest BCUT2D eigenvalue weighted by molar-refractivity contribution is 5.66. The summed E-state index contributed by atoms with van der Waals surface area (Å²) in [6.07, 6.45) is 0.222. The average Bonchev–Trinajstić information content (AvgIpc) is 3.03. The van der Waals surface area contributed by atoms with Crippen LogP contribution in [0.1, 0.15) is 34.1 Å². The van der Waals surface area contributed by atoms with Gasteiger partial charge in [-0.05, 0) is 20.8 Å². The lowest BCUT2D eigenvalue weighted by molar-refractivity contribution is -0.136. The van der Waals surface area contributed by atoms with Crippen molar-refractivity contribution in [2.45, 2.75) is 52.2 Å². The number of hydrogen-bond donors (Lipinski definition) is 4. The van der Waals surface area contributed by atoms with Gasteiger partial charge >= 0.3 is 5.97 Å². The van der Waals surface area contributed by atoms with Crippen molar-refractivity contribution in [3.63, 3.8) is 0 Å². The van der Waals surface area contributed by atoms with Gasteiger partial charge in [0.05, 0.1) is 0 Å². The van der Waals surface area contributed by atoms with E-state index in [0.717, 1.165) is 18.1 Å². The number of carboxylic acid groups (broad SMARTS) is 1. The van der Waals surface area contributed by atoms with Gasteiger partial charge in [-0.15, -0.1) is 0 Å². The lowest BCUT2D eigenvalue weighted by atomic mass is 10.5. The van der Waals surface area contributed by atoms with Gasteiger partial charge in [0.2, 0.25) is 0 Å². The van der Waals surface area contributed by atoms with E-state index >= 15 is 0 Å². The molecule has 0 saturated carbocycles. The molecule has 3 aliphatic heterocycles. The Hall–Kier alpha value is -0.650. The Morgan fingerprint density at radius 1 is 1.00 bits per heavy atom. The van der Waals surface area contributed by atoms with E-state index in [-0.39, 0.29) is 6.42 Å². The van der Waals surface area contributed by atoms with Crippen LogP contribution >= 0.6 is 0 Å². The van der Waals surface area contributed by atoms with Gasteiger partial charge in [0, 0.05) is 44.2 Å². The largest absolute Gasteiger partial charge is 0.481 e. The van der Waals surface area contributed by atoms with Crippen LogP contribution in [0.5, 0.6) is 0 Å². The van der Waals surface area contributed by atoms with Crippen molar-refractivity contribution < 1.29 is 9.90 Å². The highest BCUT2D eigenvalue weighted by atomic mass is 16.4. The van der Waals surface area contributed by atoms with E-state index in [0.29, 0.717) is 0 Å². The molecule has 3 atom stereocenters. The zero-order valence-corrected chi connectivity index (χ0v) is 11.4. The molecule has 3 rings (SSSR count). The molecule has 3 aliphatic rings. The SMILES string of the molecule is CC1CN1.CC1CN1.CC1CN1.CCC(=O)O. The number of carbonyl (C=O) groups is 1. The summed E-state index contributed by atoms with van der Waals surface area (Å²) in [5.41, 5.74) is 0. The van der Waals surface area contributed by atoms with E-state index in [4.69, 9.17) is 5.11 Å². The topological polar surface area (TPSA) is 103 Å². The molecule has 3 saturated heterocycles. The highest BCUT2D eigenvalue weighted by Crippen LogP contribution is 1.89. The molecule has 3 heterocycles. The van der Waals surface area contributed by atoms with Crippen LogP contribution in [0.2, 0.25) is 0 Å². The van der Waals surface area contributed by atoms with Gasteiger partial charge in [-0.2, -0.15) is 0 Å². The summed E-state index contributed by atoms with van der Waals surface area (Å²) in [6.45, 7) is 11.8. The minimum atomic E-state index is -0.745. The molecule has 102 valence electrons. The molecule has 0 aromatic heterocycles. The first-order valence-corrected chi connectivity index (χ1v) is 6.37. The van der Waals surface area contributed by atoms with Crippen molar-refractivity contribution >= 4 is 5.97 Å². The second-order valence-corrected chi connectivity index (χ2v) is 4.68. The second kappa shape index (κ2) is 9.39. The van der Waals surface area contributed by atoms with Crippen LogP contribution in [-0.4, -0.2) is 48.8 Å². The van der Waals surface area contributed by atoms with Crippen LogP contribution in [0.15, 0.2) is 0 Å². The quantitative estimate of drug-likeness (QED) is 0.501. The highest BCUT2D eigenvalue weighted by Gasteiger charge is 2.10. The third-order valence-electron chi connectivity index (χ3n) is 2.14. The molecule has 0 aliphatic carbocycles. The Morgan fingerprint density at radius 2 is 1.12 bits per heavy atom.